The monoisotopic (exact) mass is 359 g/mol. The number of aromatic amines is 1. The molecule has 2 amide bonds. The van der Waals surface area contributed by atoms with Gasteiger partial charge in [-0.15, -0.1) is 0 Å². The summed E-state index contributed by atoms with van der Waals surface area (Å²) < 4.78 is 1.84. The topological polar surface area (TPSA) is 109 Å². The standard InChI is InChI=1S/C17H25N7O2/c1-10-7-11(2)24(22-10)6-5-15(25)23-8-13(14(9-23)17(26)18-4)16-19-12(3)20-21-16/h7,13-14H,5-6,8-9H2,1-4H3,(H,18,26)(H,19,20,21)/t13-,14-/m1/s1. The molecule has 3 rings (SSSR count). The molecule has 0 saturated carbocycles. The molecule has 0 radical (unpaired) electrons. The number of likely N-dealkylation sites (tertiary alicyclic amines) is 1. The molecule has 1 fully saturated rings. The molecular weight excluding hydrogens is 334 g/mol. The number of nitrogens with zero attached hydrogens (tertiary/aromatic N) is 5. The number of aromatic nitrogens is 5. The summed E-state index contributed by atoms with van der Waals surface area (Å²) in [5.74, 6) is 0.674. The number of carbonyl (C=O) groups excluding carboxylic acids is 2. The molecule has 26 heavy (non-hydrogen) atoms. The predicted molar refractivity (Wildman–Crippen MR) is 94.3 cm³/mol. The molecule has 3 heterocycles. The molecule has 1 saturated heterocycles. The lowest BCUT2D eigenvalue weighted by Crippen LogP contribution is -2.34. The van der Waals surface area contributed by atoms with Crippen LogP contribution in [0, 0.1) is 26.7 Å². The van der Waals surface area contributed by atoms with Crippen LogP contribution >= 0.6 is 0 Å². The first kappa shape index (κ1) is 18.1. The third-order valence-corrected chi connectivity index (χ3v) is 4.84. The van der Waals surface area contributed by atoms with E-state index in [1.165, 1.54) is 0 Å². The largest absolute Gasteiger partial charge is 0.359 e. The second-order valence-corrected chi connectivity index (χ2v) is 6.81. The van der Waals surface area contributed by atoms with E-state index in [4.69, 9.17) is 0 Å². The van der Waals surface area contributed by atoms with Gasteiger partial charge in [0, 0.05) is 38.8 Å². The molecule has 2 N–H and O–H groups in total. The van der Waals surface area contributed by atoms with E-state index in [0.29, 0.717) is 37.7 Å². The number of rotatable bonds is 5. The maximum Gasteiger partial charge on any atom is 0.225 e. The predicted octanol–water partition coefficient (Wildman–Crippen LogP) is 0.305. The molecule has 0 aliphatic carbocycles. The van der Waals surface area contributed by atoms with Crippen molar-refractivity contribution < 1.29 is 9.59 Å². The Bertz CT molecular complexity index is 810. The van der Waals surface area contributed by atoms with Crippen molar-refractivity contribution in [3.63, 3.8) is 0 Å². The molecule has 1 aliphatic rings. The van der Waals surface area contributed by atoms with Gasteiger partial charge in [-0.25, -0.2) is 4.98 Å². The van der Waals surface area contributed by atoms with Crippen LogP contribution in [0.15, 0.2) is 6.07 Å². The van der Waals surface area contributed by atoms with Crippen molar-refractivity contribution in [2.75, 3.05) is 20.1 Å². The van der Waals surface area contributed by atoms with Gasteiger partial charge >= 0.3 is 0 Å². The number of hydrogen-bond donors (Lipinski definition) is 2. The Kier molecular flexibility index (Phi) is 5.06. The first-order chi connectivity index (χ1) is 12.4. The summed E-state index contributed by atoms with van der Waals surface area (Å²) in [7, 11) is 1.61. The van der Waals surface area contributed by atoms with Crippen LogP contribution in [-0.2, 0) is 16.1 Å². The first-order valence-corrected chi connectivity index (χ1v) is 8.78. The van der Waals surface area contributed by atoms with Gasteiger partial charge < -0.3 is 10.2 Å². The summed E-state index contributed by atoms with van der Waals surface area (Å²) in [6, 6.07) is 1.99. The molecule has 2 aromatic heterocycles. The zero-order chi connectivity index (χ0) is 18.8. The maximum atomic E-state index is 12.7. The van der Waals surface area contributed by atoms with Gasteiger partial charge in [-0.05, 0) is 26.8 Å². The third kappa shape index (κ3) is 3.61. The number of carbonyl (C=O) groups is 2. The lowest BCUT2D eigenvalue weighted by molar-refractivity contribution is -0.131. The van der Waals surface area contributed by atoms with Gasteiger partial charge in [0.05, 0.1) is 17.5 Å². The quantitative estimate of drug-likeness (QED) is 0.798. The highest BCUT2D eigenvalue weighted by atomic mass is 16.2. The molecule has 0 bridgehead atoms. The van der Waals surface area contributed by atoms with Crippen molar-refractivity contribution in [3.8, 4) is 0 Å². The fourth-order valence-electron chi connectivity index (χ4n) is 3.51. The number of hydrogen-bond acceptors (Lipinski definition) is 5. The van der Waals surface area contributed by atoms with Crippen molar-refractivity contribution in [2.24, 2.45) is 5.92 Å². The van der Waals surface area contributed by atoms with Gasteiger partial charge in [-0.3, -0.25) is 19.4 Å². The smallest absolute Gasteiger partial charge is 0.225 e. The second kappa shape index (κ2) is 7.27. The minimum Gasteiger partial charge on any atom is -0.359 e. The third-order valence-electron chi connectivity index (χ3n) is 4.84. The highest BCUT2D eigenvalue weighted by Gasteiger charge is 2.41. The summed E-state index contributed by atoms with van der Waals surface area (Å²) in [5.41, 5.74) is 1.98. The number of nitrogens with one attached hydrogen (secondary N) is 2. The normalized spacial score (nSPS) is 19.8. The van der Waals surface area contributed by atoms with Crippen molar-refractivity contribution in [2.45, 2.75) is 39.7 Å². The fourth-order valence-corrected chi connectivity index (χ4v) is 3.51. The minimum atomic E-state index is -0.340. The molecule has 140 valence electrons. The average molecular weight is 359 g/mol. The second-order valence-electron chi connectivity index (χ2n) is 6.81. The van der Waals surface area contributed by atoms with Gasteiger partial charge in [0.25, 0.3) is 0 Å². The lowest BCUT2D eigenvalue weighted by atomic mass is 9.94. The summed E-state index contributed by atoms with van der Waals surface area (Å²) in [4.78, 5) is 31.1. The average Bonchev–Trinajstić information content (AvgIpc) is 3.30. The van der Waals surface area contributed by atoms with Gasteiger partial charge in [0.1, 0.15) is 5.82 Å². The van der Waals surface area contributed by atoms with Crippen LogP contribution in [-0.4, -0.2) is 61.8 Å². The van der Waals surface area contributed by atoms with E-state index < -0.39 is 0 Å². The number of aryl methyl sites for hydroxylation is 4. The van der Waals surface area contributed by atoms with E-state index >= 15 is 0 Å². The molecule has 1 aliphatic heterocycles. The van der Waals surface area contributed by atoms with Gasteiger partial charge in [-0.1, -0.05) is 0 Å². The minimum absolute atomic E-state index is 0.0150. The van der Waals surface area contributed by atoms with E-state index in [9.17, 15) is 9.59 Å². The Hall–Kier alpha value is -2.71. The molecule has 2 atom stereocenters. The Morgan fingerprint density at radius 1 is 1.31 bits per heavy atom. The van der Waals surface area contributed by atoms with Crippen LogP contribution < -0.4 is 5.32 Å². The molecule has 0 unspecified atom stereocenters. The van der Waals surface area contributed by atoms with Crippen molar-refractivity contribution in [3.05, 3.63) is 29.1 Å². The van der Waals surface area contributed by atoms with Crippen LogP contribution in [0.5, 0.6) is 0 Å². The van der Waals surface area contributed by atoms with Crippen LogP contribution in [0.3, 0.4) is 0 Å². The number of H-pyrrole nitrogens is 1. The van der Waals surface area contributed by atoms with Gasteiger partial charge in [0.2, 0.25) is 11.8 Å². The summed E-state index contributed by atoms with van der Waals surface area (Å²) >= 11 is 0. The molecule has 9 heteroatoms. The Labute approximate surface area is 152 Å². The summed E-state index contributed by atoms with van der Waals surface area (Å²) in [6.45, 7) is 7.09. The Morgan fingerprint density at radius 2 is 2.08 bits per heavy atom. The van der Waals surface area contributed by atoms with E-state index in [2.05, 4.69) is 25.6 Å². The summed E-state index contributed by atoms with van der Waals surface area (Å²) in [5, 5.41) is 14.1. The van der Waals surface area contributed by atoms with Gasteiger partial charge in [0.15, 0.2) is 5.82 Å². The highest BCUT2D eigenvalue weighted by Crippen LogP contribution is 2.31. The molecule has 2 aromatic rings. The Morgan fingerprint density at radius 3 is 2.65 bits per heavy atom. The van der Waals surface area contributed by atoms with E-state index in [-0.39, 0.29) is 23.7 Å². The zero-order valence-corrected chi connectivity index (χ0v) is 15.6. The van der Waals surface area contributed by atoms with Crippen LogP contribution in [0.4, 0.5) is 0 Å². The Balaban J connectivity index is 1.69. The molecule has 0 aromatic carbocycles. The fraction of sp³-hybridized carbons (Fsp3) is 0.588. The molecule has 0 spiro atoms. The van der Waals surface area contributed by atoms with Crippen LogP contribution in [0.25, 0.3) is 0 Å². The van der Waals surface area contributed by atoms with E-state index in [1.54, 1.807) is 11.9 Å². The zero-order valence-electron chi connectivity index (χ0n) is 15.6. The number of amides is 2. The van der Waals surface area contributed by atoms with E-state index in [1.807, 2.05) is 31.5 Å². The van der Waals surface area contributed by atoms with Crippen LogP contribution in [0.1, 0.15) is 35.4 Å². The van der Waals surface area contributed by atoms with Crippen molar-refractivity contribution in [1.29, 1.82) is 0 Å². The van der Waals surface area contributed by atoms with Gasteiger partial charge in [-0.2, -0.15) is 10.2 Å². The maximum absolute atomic E-state index is 12.7. The van der Waals surface area contributed by atoms with Crippen molar-refractivity contribution in [1.82, 2.24) is 35.2 Å². The van der Waals surface area contributed by atoms with E-state index in [0.717, 1.165) is 11.4 Å². The first-order valence-electron chi connectivity index (χ1n) is 8.78. The molecule has 9 nitrogen and oxygen atoms in total. The summed E-state index contributed by atoms with van der Waals surface area (Å²) in [6.07, 6.45) is 0.349. The van der Waals surface area contributed by atoms with Crippen LogP contribution in [0.2, 0.25) is 0 Å². The SMILES string of the molecule is CNC(=O)[C@@H]1CN(C(=O)CCn2nc(C)cc2C)C[C@H]1c1n[nH]c(C)n1. The highest BCUT2D eigenvalue weighted by molar-refractivity contribution is 5.83. The van der Waals surface area contributed by atoms with Crippen molar-refractivity contribution >= 4 is 11.8 Å². The molecular formula is C17H25N7O2. The lowest BCUT2D eigenvalue weighted by Gasteiger charge is -2.16.